The summed E-state index contributed by atoms with van der Waals surface area (Å²) in [6, 6.07) is 1.21. The Kier molecular flexibility index (Phi) is 5.10. The molecule has 0 spiro atoms. The lowest BCUT2D eigenvalue weighted by Gasteiger charge is -2.00. The van der Waals surface area contributed by atoms with Crippen LogP contribution < -0.4 is 4.80 Å². The third-order valence-electron chi connectivity index (χ3n) is 2.65. The molecule has 0 aliphatic carbocycles. The fraction of sp³-hybridized carbons (Fsp3) is 0.222. The van der Waals surface area contributed by atoms with Crippen LogP contribution in [0.25, 0.3) is 0 Å². The van der Waals surface area contributed by atoms with Crippen LogP contribution in [-0.2, 0) is 6.54 Å². The van der Waals surface area contributed by atoms with Crippen LogP contribution in [0.3, 0.4) is 0 Å². The zero-order chi connectivity index (χ0) is 17.9. The van der Waals surface area contributed by atoms with Crippen LogP contribution in [0, 0.1) is 30.3 Å². The summed E-state index contributed by atoms with van der Waals surface area (Å²) in [7, 11) is 0. The molecule has 2 rings (SSSR count). The van der Waals surface area contributed by atoms with Gasteiger partial charge in [-0.1, -0.05) is 9.70 Å². The first-order valence-corrected chi connectivity index (χ1v) is 7.27. The van der Waals surface area contributed by atoms with Crippen molar-refractivity contribution >= 4 is 45.9 Å². The molecule has 0 radical (unpaired) electrons. The van der Waals surface area contributed by atoms with Crippen molar-refractivity contribution in [3.63, 3.8) is 0 Å². The number of benzene rings is 1. The van der Waals surface area contributed by atoms with Crippen LogP contribution in [-0.4, -0.2) is 35.0 Å². The van der Waals surface area contributed by atoms with E-state index in [2.05, 4.69) is 14.7 Å². The fourth-order valence-corrected chi connectivity index (χ4v) is 2.38. The molecule has 0 unspecified atom stereocenters. The fourth-order valence-electron chi connectivity index (χ4n) is 1.67. The van der Waals surface area contributed by atoms with Gasteiger partial charge < -0.3 is 0 Å². The predicted octanol–water partition coefficient (Wildman–Crippen LogP) is 1.54. The van der Waals surface area contributed by atoms with Gasteiger partial charge in [0.15, 0.2) is 0 Å². The lowest BCUT2D eigenvalue weighted by Crippen LogP contribution is -2.17. The quantitative estimate of drug-likeness (QED) is 0.415. The first-order valence-electron chi connectivity index (χ1n) is 5.96. The van der Waals surface area contributed by atoms with Gasteiger partial charge in [-0.3, -0.25) is 30.3 Å². The van der Waals surface area contributed by atoms with Crippen LogP contribution in [0.5, 0.6) is 0 Å². The van der Waals surface area contributed by atoms with Crippen molar-refractivity contribution in [1.29, 1.82) is 0 Å². The monoisotopic (exact) mass is 375 g/mol. The van der Waals surface area contributed by atoms with Gasteiger partial charge in [-0.15, -0.1) is 11.6 Å². The van der Waals surface area contributed by atoms with Crippen molar-refractivity contribution in [2.45, 2.75) is 6.54 Å². The maximum atomic E-state index is 11.2. The van der Waals surface area contributed by atoms with E-state index in [1.165, 1.54) is 4.68 Å². The van der Waals surface area contributed by atoms with E-state index in [-0.39, 0.29) is 17.2 Å². The van der Waals surface area contributed by atoms with E-state index >= 15 is 0 Å². The lowest BCUT2D eigenvalue weighted by molar-refractivity contribution is -0.402. The summed E-state index contributed by atoms with van der Waals surface area (Å²) in [4.78, 5) is 34.1. The van der Waals surface area contributed by atoms with Crippen LogP contribution in [0.2, 0.25) is 0 Å². The molecule has 2 aromatic rings. The highest BCUT2D eigenvalue weighted by Gasteiger charge is 2.30. The molecule has 0 N–H and O–H groups in total. The van der Waals surface area contributed by atoms with E-state index in [0.29, 0.717) is 12.1 Å². The summed E-state index contributed by atoms with van der Waals surface area (Å²) in [6.45, 7) is 0.172. The molecule has 15 heteroatoms. The first kappa shape index (κ1) is 17.4. The Balaban J connectivity index is 2.80. The zero-order valence-electron chi connectivity index (χ0n) is 11.4. The van der Waals surface area contributed by atoms with Crippen LogP contribution >= 0.6 is 23.1 Å². The van der Waals surface area contributed by atoms with Gasteiger partial charge in [-0.05, 0) is 0 Å². The molecule has 0 saturated carbocycles. The molecule has 0 aliphatic heterocycles. The zero-order valence-corrected chi connectivity index (χ0v) is 13.0. The van der Waals surface area contributed by atoms with Crippen molar-refractivity contribution in [2.24, 2.45) is 4.99 Å². The Labute approximate surface area is 140 Å². The average molecular weight is 376 g/mol. The largest absolute Gasteiger partial charge is 0.308 e. The third-order valence-corrected chi connectivity index (χ3v) is 3.44. The number of alkyl halides is 1. The number of nitro groups is 3. The second-order valence-electron chi connectivity index (χ2n) is 4.07. The van der Waals surface area contributed by atoms with Crippen molar-refractivity contribution in [1.82, 2.24) is 14.4 Å². The van der Waals surface area contributed by atoms with Gasteiger partial charge in [-0.2, -0.15) is 0 Å². The van der Waals surface area contributed by atoms with E-state index in [1.54, 1.807) is 0 Å². The van der Waals surface area contributed by atoms with Crippen molar-refractivity contribution < 1.29 is 14.8 Å². The smallest absolute Gasteiger partial charge is 0.258 e. The summed E-state index contributed by atoms with van der Waals surface area (Å²) in [5.74, 6) is 0.142. The van der Waals surface area contributed by atoms with Crippen LogP contribution in [0.4, 0.5) is 22.7 Å². The molecule has 1 aromatic carbocycles. The van der Waals surface area contributed by atoms with Crippen molar-refractivity contribution in [3.05, 3.63) is 47.3 Å². The van der Waals surface area contributed by atoms with Gasteiger partial charge >= 0.3 is 11.4 Å². The Morgan fingerprint density at radius 2 is 1.71 bits per heavy atom. The maximum Gasteiger partial charge on any atom is 0.308 e. The van der Waals surface area contributed by atoms with E-state index in [0.717, 1.165) is 11.5 Å². The molecule has 0 atom stereocenters. The Hall–Kier alpha value is -3.00. The van der Waals surface area contributed by atoms with E-state index < -0.39 is 37.5 Å². The molecule has 0 amide bonds. The Morgan fingerprint density at radius 3 is 2.17 bits per heavy atom. The summed E-state index contributed by atoms with van der Waals surface area (Å²) in [5, 5.41) is 36.8. The number of rotatable bonds is 6. The molecule has 1 aromatic heterocycles. The third kappa shape index (κ3) is 3.49. The standard InChI is InChI=1S/C9H6ClN7O6S/c10-1-2-14-9(24-13-12-14)11-8-6(16(20)21)3-5(15(18)19)4-7(8)17(22)23/h3-4H,1-2H2. The maximum absolute atomic E-state index is 11.2. The van der Waals surface area contributed by atoms with Gasteiger partial charge in [0.25, 0.3) is 5.69 Å². The molecule has 0 saturated heterocycles. The lowest BCUT2D eigenvalue weighted by atomic mass is 10.2. The van der Waals surface area contributed by atoms with Gasteiger partial charge in [0.1, 0.15) is 0 Å². The number of nitrogens with zero attached hydrogens (tertiary/aromatic N) is 7. The SMILES string of the molecule is O=[N+]([O-])c1cc([N+](=O)[O-])c(N=c2snnn2CCCl)c([N+](=O)[O-])c1. The summed E-state index contributed by atoms with van der Waals surface area (Å²) < 4.78 is 4.79. The minimum Gasteiger partial charge on any atom is -0.258 e. The summed E-state index contributed by atoms with van der Waals surface area (Å²) in [6.07, 6.45) is 0. The van der Waals surface area contributed by atoms with Gasteiger partial charge in [0.05, 0.1) is 33.4 Å². The summed E-state index contributed by atoms with van der Waals surface area (Å²) in [5.41, 5.74) is -3.17. The van der Waals surface area contributed by atoms with Crippen molar-refractivity contribution in [3.8, 4) is 0 Å². The van der Waals surface area contributed by atoms with Crippen molar-refractivity contribution in [2.75, 3.05) is 5.88 Å². The number of halogens is 1. The summed E-state index contributed by atoms with van der Waals surface area (Å²) >= 11 is 6.30. The Bertz CT molecular complexity index is 858. The number of aryl methyl sites for hydroxylation is 1. The van der Waals surface area contributed by atoms with Gasteiger partial charge in [0.2, 0.25) is 10.5 Å². The number of hydrogen-bond acceptors (Lipinski definition) is 10. The number of aromatic nitrogens is 3. The normalized spacial score (nSPS) is 11.5. The minimum absolute atomic E-state index is 0.0238. The molecule has 0 aliphatic rings. The second kappa shape index (κ2) is 7.05. The van der Waals surface area contributed by atoms with E-state index in [9.17, 15) is 30.3 Å². The first-order chi connectivity index (χ1) is 11.3. The molecule has 126 valence electrons. The average Bonchev–Trinajstić information content (AvgIpc) is 2.94. The molecule has 1 heterocycles. The van der Waals surface area contributed by atoms with E-state index in [4.69, 9.17) is 11.6 Å². The molecule has 0 fully saturated rings. The number of hydrogen-bond donors (Lipinski definition) is 0. The molecular formula is C9H6ClN7O6S. The van der Waals surface area contributed by atoms with Crippen LogP contribution in [0.1, 0.15) is 0 Å². The predicted molar refractivity (Wildman–Crippen MR) is 80.2 cm³/mol. The van der Waals surface area contributed by atoms with Crippen LogP contribution in [0.15, 0.2) is 17.1 Å². The number of non-ortho nitro benzene ring substituents is 1. The second-order valence-corrected chi connectivity index (χ2v) is 5.16. The highest BCUT2D eigenvalue weighted by atomic mass is 35.5. The minimum atomic E-state index is -0.987. The molecular weight excluding hydrogens is 370 g/mol. The van der Waals surface area contributed by atoms with Gasteiger partial charge in [0, 0.05) is 17.4 Å². The van der Waals surface area contributed by atoms with Gasteiger partial charge in [-0.25, -0.2) is 9.67 Å². The molecule has 13 nitrogen and oxygen atoms in total. The Morgan fingerprint density at radius 1 is 1.12 bits per heavy atom. The topological polar surface area (TPSA) is 172 Å². The highest BCUT2D eigenvalue weighted by molar-refractivity contribution is 7.02. The molecule has 24 heavy (non-hydrogen) atoms. The number of nitro benzene ring substituents is 3. The highest BCUT2D eigenvalue weighted by Crippen LogP contribution is 2.40. The molecule has 0 bridgehead atoms. The van der Waals surface area contributed by atoms with E-state index in [1.807, 2.05) is 0 Å².